The Bertz CT molecular complexity index is 675. The highest BCUT2D eigenvalue weighted by Gasteiger charge is 2.37. The van der Waals surface area contributed by atoms with Gasteiger partial charge in [-0.15, -0.1) is 0 Å². The van der Waals surface area contributed by atoms with Gasteiger partial charge in [0.1, 0.15) is 0 Å². The number of carbonyl (C=O) groups is 2. The predicted molar refractivity (Wildman–Crippen MR) is 107 cm³/mol. The highest BCUT2D eigenvalue weighted by atomic mass is 16.5. The molecule has 6 heteroatoms. The molecule has 0 saturated carbocycles. The van der Waals surface area contributed by atoms with Gasteiger partial charge >= 0.3 is 0 Å². The van der Waals surface area contributed by atoms with E-state index in [1.54, 1.807) is 0 Å². The normalized spacial score (nSPS) is 26.4. The zero-order chi connectivity index (χ0) is 19.3. The van der Waals surface area contributed by atoms with Gasteiger partial charge in [0.05, 0.1) is 25.2 Å². The van der Waals surface area contributed by atoms with Gasteiger partial charge < -0.3 is 14.5 Å². The molecule has 3 heterocycles. The Morgan fingerprint density at radius 1 is 0.893 bits per heavy atom. The molecule has 3 aliphatic heterocycles. The van der Waals surface area contributed by atoms with Crippen LogP contribution in [0.15, 0.2) is 30.3 Å². The quantitative estimate of drug-likeness (QED) is 0.792. The molecule has 0 aromatic heterocycles. The molecule has 152 valence electrons. The fraction of sp³-hybridized carbons (Fsp3) is 0.636. The molecular weight excluding hydrogens is 354 g/mol. The topological polar surface area (TPSA) is 53.1 Å². The van der Waals surface area contributed by atoms with Crippen LogP contribution in [0, 0.1) is 5.92 Å². The smallest absolute Gasteiger partial charge is 0.239 e. The lowest BCUT2D eigenvalue weighted by Gasteiger charge is -2.38. The molecular formula is C22H31N3O3. The maximum absolute atomic E-state index is 13.3. The number of amides is 2. The average Bonchev–Trinajstić information content (AvgIpc) is 3.22. The van der Waals surface area contributed by atoms with Gasteiger partial charge in [-0.1, -0.05) is 30.3 Å². The predicted octanol–water partition coefficient (Wildman–Crippen LogP) is 1.75. The molecule has 0 bridgehead atoms. The van der Waals surface area contributed by atoms with E-state index in [0.29, 0.717) is 32.8 Å². The highest BCUT2D eigenvalue weighted by Crippen LogP contribution is 2.25. The molecule has 2 atom stereocenters. The molecule has 3 fully saturated rings. The van der Waals surface area contributed by atoms with Gasteiger partial charge in [-0.05, 0) is 37.8 Å². The van der Waals surface area contributed by atoms with E-state index in [1.165, 1.54) is 5.56 Å². The van der Waals surface area contributed by atoms with Gasteiger partial charge in [0.25, 0.3) is 0 Å². The Morgan fingerprint density at radius 2 is 1.64 bits per heavy atom. The molecule has 1 aromatic carbocycles. The van der Waals surface area contributed by atoms with Gasteiger partial charge in [0.15, 0.2) is 0 Å². The van der Waals surface area contributed by atoms with Crippen LogP contribution in [-0.2, 0) is 20.9 Å². The molecule has 2 amide bonds. The van der Waals surface area contributed by atoms with E-state index >= 15 is 0 Å². The van der Waals surface area contributed by atoms with Crippen LogP contribution in [-0.4, -0.2) is 78.5 Å². The number of hydrogen-bond acceptors (Lipinski definition) is 4. The molecule has 0 spiro atoms. The third-order valence-corrected chi connectivity index (χ3v) is 6.28. The van der Waals surface area contributed by atoms with Crippen molar-refractivity contribution < 1.29 is 14.3 Å². The standard InChI is InChI=1S/C22H31N3O3/c26-21(23-12-14-28-15-13-23)19-8-4-11-25(17-19)22(27)20-9-5-10-24(20)16-18-6-2-1-3-7-18/h1-3,6-7,19-20H,4-5,8-17H2/t19-,20-/m1/s1. The molecule has 0 aliphatic carbocycles. The van der Waals surface area contributed by atoms with Gasteiger partial charge in [0.2, 0.25) is 11.8 Å². The van der Waals surface area contributed by atoms with E-state index < -0.39 is 0 Å². The van der Waals surface area contributed by atoms with Crippen molar-refractivity contribution in [2.45, 2.75) is 38.3 Å². The Morgan fingerprint density at radius 3 is 2.43 bits per heavy atom. The summed E-state index contributed by atoms with van der Waals surface area (Å²) in [6.07, 6.45) is 3.79. The van der Waals surface area contributed by atoms with Crippen LogP contribution in [0.2, 0.25) is 0 Å². The number of rotatable bonds is 4. The van der Waals surface area contributed by atoms with E-state index in [2.05, 4.69) is 29.2 Å². The second kappa shape index (κ2) is 9.05. The molecule has 28 heavy (non-hydrogen) atoms. The summed E-state index contributed by atoms with van der Waals surface area (Å²) < 4.78 is 5.36. The maximum Gasteiger partial charge on any atom is 0.239 e. The fourth-order valence-corrected chi connectivity index (χ4v) is 4.74. The third kappa shape index (κ3) is 4.39. The largest absolute Gasteiger partial charge is 0.378 e. The zero-order valence-electron chi connectivity index (χ0n) is 16.6. The molecule has 6 nitrogen and oxygen atoms in total. The Kier molecular flexibility index (Phi) is 6.27. The first-order valence-corrected chi connectivity index (χ1v) is 10.7. The second-order valence-electron chi connectivity index (χ2n) is 8.18. The average molecular weight is 386 g/mol. The molecule has 0 radical (unpaired) electrons. The maximum atomic E-state index is 13.3. The van der Waals surface area contributed by atoms with Crippen molar-refractivity contribution in [3.8, 4) is 0 Å². The summed E-state index contributed by atoms with van der Waals surface area (Å²) >= 11 is 0. The van der Waals surface area contributed by atoms with Crippen molar-refractivity contribution in [3.05, 3.63) is 35.9 Å². The summed E-state index contributed by atoms with van der Waals surface area (Å²) in [6, 6.07) is 10.3. The van der Waals surface area contributed by atoms with E-state index in [0.717, 1.165) is 45.3 Å². The molecule has 4 rings (SSSR count). The lowest BCUT2D eigenvalue weighted by Crippen LogP contribution is -2.52. The van der Waals surface area contributed by atoms with Crippen molar-refractivity contribution >= 4 is 11.8 Å². The monoisotopic (exact) mass is 385 g/mol. The first-order valence-electron chi connectivity index (χ1n) is 10.7. The van der Waals surface area contributed by atoms with Crippen molar-refractivity contribution in [2.24, 2.45) is 5.92 Å². The summed E-state index contributed by atoms with van der Waals surface area (Å²) in [5.74, 6) is 0.362. The fourth-order valence-electron chi connectivity index (χ4n) is 4.74. The summed E-state index contributed by atoms with van der Waals surface area (Å²) in [6.45, 7) is 5.74. The third-order valence-electron chi connectivity index (χ3n) is 6.28. The molecule has 3 aliphatic rings. The number of carbonyl (C=O) groups excluding carboxylic acids is 2. The number of nitrogens with zero attached hydrogens (tertiary/aromatic N) is 3. The summed E-state index contributed by atoms with van der Waals surface area (Å²) in [5.41, 5.74) is 1.25. The minimum absolute atomic E-state index is 0.0440. The molecule has 0 unspecified atom stereocenters. The van der Waals surface area contributed by atoms with Crippen LogP contribution >= 0.6 is 0 Å². The van der Waals surface area contributed by atoms with E-state index in [9.17, 15) is 9.59 Å². The lowest BCUT2D eigenvalue weighted by atomic mass is 9.95. The van der Waals surface area contributed by atoms with Gasteiger partial charge in [-0.2, -0.15) is 0 Å². The highest BCUT2D eigenvalue weighted by molar-refractivity contribution is 5.84. The van der Waals surface area contributed by atoms with Gasteiger partial charge in [-0.25, -0.2) is 0 Å². The van der Waals surface area contributed by atoms with Crippen LogP contribution < -0.4 is 0 Å². The Labute approximate surface area is 167 Å². The van der Waals surface area contributed by atoms with E-state index in [1.807, 2.05) is 15.9 Å². The first kappa shape index (κ1) is 19.4. The van der Waals surface area contributed by atoms with Gasteiger partial charge in [-0.3, -0.25) is 14.5 Å². The van der Waals surface area contributed by atoms with Crippen molar-refractivity contribution in [3.63, 3.8) is 0 Å². The molecule has 0 N–H and O–H groups in total. The zero-order valence-corrected chi connectivity index (χ0v) is 16.6. The minimum Gasteiger partial charge on any atom is -0.378 e. The number of benzene rings is 1. The number of likely N-dealkylation sites (tertiary alicyclic amines) is 2. The van der Waals surface area contributed by atoms with Crippen LogP contribution in [0.4, 0.5) is 0 Å². The van der Waals surface area contributed by atoms with Crippen molar-refractivity contribution in [1.29, 1.82) is 0 Å². The van der Waals surface area contributed by atoms with E-state index in [4.69, 9.17) is 4.74 Å². The summed E-state index contributed by atoms with van der Waals surface area (Å²) in [4.78, 5) is 32.3. The SMILES string of the molecule is O=C([C@@H]1CCCN(C(=O)[C@H]2CCCN2Cc2ccccc2)C1)N1CCOCC1. The number of hydrogen-bond donors (Lipinski definition) is 0. The summed E-state index contributed by atoms with van der Waals surface area (Å²) in [5, 5.41) is 0. The number of ether oxygens (including phenoxy) is 1. The van der Waals surface area contributed by atoms with Gasteiger partial charge in [0, 0.05) is 32.7 Å². The molecule has 1 aromatic rings. The van der Waals surface area contributed by atoms with Crippen LogP contribution in [0.25, 0.3) is 0 Å². The second-order valence-corrected chi connectivity index (χ2v) is 8.18. The van der Waals surface area contributed by atoms with Crippen molar-refractivity contribution in [1.82, 2.24) is 14.7 Å². The number of piperidine rings is 1. The van der Waals surface area contributed by atoms with E-state index in [-0.39, 0.29) is 23.8 Å². The van der Waals surface area contributed by atoms with Crippen LogP contribution in [0.1, 0.15) is 31.2 Å². The Balaban J connectivity index is 1.37. The van der Waals surface area contributed by atoms with Crippen molar-refractivity contribution in [2.75, 3.05) is 45.9 Å². The first-order chi connectivity index (χ1) is 13.7. The van der Waals surface area contributed by atoms with Crippen LogP contribution in [0.3, 0.4) is 0 Å². The Hall–Kier alpha value is -1.92. The lowest BCUT2D eigenvalue weighted by molar-refractivity contribution is -0.145. The van der Waals surface area contributed by atoms with Crippen LogP contribution in [0.5, 0.6) is 0 Å². The minimum atomic E-state index is -0.0558. The number of morpholine rings is 1. The summed E-state index contributed by atoms with van der Waals surface area (Å²) in [7, 11) is 0. The molecule has 3 saturated heterocycles.